The van der Waals surface area contributed by atoms with Crippen LogP contribution in [-0.2, 0) is 0 Å². The van der Waals surface area contributed by atoms with Crippen molar-refractivity contribution < 1.29 is 14.1 Å². The van der Waals surface area contributed by atoms with Crippen LogP contribution in [0.2, 0.25) is 0 Å². The van der Waals surface area contributed by atoms with Gasteiger partial charge in [0.1, 0.15) is 11.3 Å². The third-order valence-electron chi connectivity index (χ3n) is 7.41. The average molecular weight is 461 g/mol. The first-order valence-electron chi connectivity index (χ1n) is 12.0. The summed E-state index contributed by atoms with van der Waals surface area (Å²) in [5.74, 6) is 0.493. The molecule has 0 bridgehead atoms. The van der Waals surface area contributed by atoms with Crippen molar-refractivity contribution in [3.8, 4) is 16.9 Å². The molecule has 8 aromatic rings. The van der Waals surface area contributed by atoms with E-state index in [0.717, 1.165) is 38.3 Å². The largest absolute Gasteiger partial charge is 0.569 e. The molecule has 1 aromatic heterocycles. The van der Waals surface area contributed by atoms with E-state index in [1.54, 1.807) is 0 Å². The maximum atomic E-state index is 9.33. The Labute approximate surface area is 206 Å². The predicted molar refractivity (Wildman–Crippen MR) is 149 cm³/mol. The molecule has 0 unspecified atom stereocenters. The van der Waals surface area contributed by atoms with Crippen molar-refractivity contribution >= 4 is 72.7 Å². The smallest absolute Gasteiger partial charge is 0.535 e. The Hall–Kier alpha value is -4.54. The topological polar surface area (TPSA) is 42.6 Å². The third-order valence-corrected chi connectivity index (χ3v) is 7.41. The van der Waals surface area contributed by atoms with Crippen LogP contribution in [0.15, 0.2) is 108 Å². The van der Waals surface area contributed by atoms with Crippen LogP contribution in [0.1, 0.15) is 0 Å². The third kappa shape index (κ3) is 2.68. The molecule has 3 nitrogen and oxygen atoms in total. The lowest BCUT2D eigenvalue weighted by Gasteiger charge is -2.12. The van der Waals surface area contributed by atoms with Gasteiger partial charge in [0.05, 0.1) is 0 Å². The van der Waals surface area contributed by atoms with Crippen molar-refractivity contribution in [1.82, 2.24) is 0 Å². The molecule has 7 aromatic carbocycles. The van der Waals surface area contributed by atoms with Gasteiger partial charge in [-0.15, -0.1) is 0 Å². The van der Waals surface area contributed by atoms with Gasteiger partial charge in [-0.3, -0.25) is 0 Å². The number of hydrogen-bond donors (Lipinski definition) is 1. The monoisotopic (exact) mass is 461 g/mol. The van der Waals surface area contributed by atoms with E-state index in [9.17, 15) is 5.02 Å². The normalized spacial score (nSPS) is 12.0. The van der Waals surface area contributed by atoms with Crippen LogP contribution in [0.5, 0.6) is 5.75 Å². The molecule has 1 radical (unpaired) electrons. The maximum Gasteiger partial charge on any atom is 0.569 e. The summed E-state index contributed by atoms with van der Waals surface area (Å²) in [5, 5.41) is 21.1. The van der Waals surface area contributed by atoms with Crippen molar-refractivity contribution in [3.05, 3.63) is 103 Å². The van der Waals surface area contributed by atoms with Crippen LogP contribution in [0.4, 0.5) is 0 Å². The molecule has 167 valence electrons. The first kappa shape index (κ1) is 19.7. The zero-order valence-corrected chi connectivity index (χ0v) is 19.2. The van der Waals surface area contributed by atoms with Crippen molar-refractivity contribution in [2.24, 2.45) is 0 Å². The van der Waals surface area contributed by atoms with Gasteiger partial charge in [0.25, 0.3) is 0 Å². The van der Waals surface area contributed by atoms with Crippen LogP contribution < -0.4 is 4.65 Å². The fourth-order valence-electron chi connectivity index (χ4n) is 5.84. The standard InChI is InChI=1S/C32H18BO3/c34-33-36-28-17-21-4-1-2-7-25(21)31-26-13-12-20(16-27(26)35-32(28)31)24-14-22-10-8-18-5-3-6-19-9-11-23(15-24)30(22)29(18)19/h1-17,34H. The number of hydrogen-bond acceptors (Lipinski definition) is 3. The summed E-state index contributed by atoms with van der Waals surface area (Å²) in [6, 6.07) is 36.3. The molecule has 8 rings (SSSR count). The van der Waals surface area contributed by atoms with Gasteiger partial charge < -0.3 is 14.1 Å². The van der Waals surface area contributed by atoms with Crippen molar-refractivity contribution in [2.45, 2.75) is 0 Å². The molecule has 0 saturated heterocycles. The van der Waals surface area contributed by atoms with E-state index in [2.05, 4.69) is 78.9 Å². The Balaban J connectivity index is 1.38. The number of furan rings is 1. The molecule has 0 amide bonds. The number of benzene rings is 7. The first-order chi connectivity index (χ1) is 17.8. The Morgan fingerprint density at radius 1 is 0.556 bits per heavy atom. The Kier molecular flexibility index (Phi) is 3.97. The first-order valence-corrected chi connectivity index (χ1v) is 12.0. The highest BCUT2D eigenvalue weighted by molar-refractivity contribution is 6.25. The Morgan fingerprint density at radius 2 is 1.25 bits per heavy atom. The molecule has 0 aliphatic heterocycles. The van der Waals surface area contributed by atoms with Gasteiger partial charge in [0, 0.05) is 10.8 Å². The highest BCUT2D eigenvalue weighted by Gasteiger charge is 2.17. The molecule has 0 atom stereocenters. The van der Waals surface area contributed by atoms with E-state index in [4.69, 9.17) is 9.07 Å². The highest BCUT2D eigenvalue weighted by Crippen LogP contribution is 2.42. The van der Waals surface area contributed by atoms with Crippen molar-refractivity contribution in [3.63, 3.8) is 0 Å². The summed E-state index contributed by atoms with van der Waals surface area (Å²) in [6.07, 6.45) is 0. The molecule has 36 heavy (non-hydrogen) atoms. The Morgan fingerprint density at radius 3 is 2.03 bits per heavy atom. The molecule has 4 heteroatoms. The fourth-order valence-corrected chi connectivity index (χ4v) is 5.84. The molecule has 0 aliphatic rings. The number of fused-ring (bicyclic) bond motifs is 5. The van der Waals surface area contributed by atoms with Gasteiger partial charge in [-0.2, -0.15) is 0 Å². The van der Waals surface area contributed by atoms with Crippen molar-refractivity contribution in [2.75, 3.05) is 0 Å². The molecular formula is C32H18BO3. The van der Waals surface area contributed by atoms with Gasteiger partial charge in [-0.25, -0.2) is 0 Å². The molecule has 0 aliphatic carbocycles. The molecule has 0 saturated carbocycles. The van der Waals surface area contributed by atoms with Gasteiger partial charge in [-0.05, 0) is 84.5 Å². The minimum Gasteiger partial charge on any atom is -0.535 e. The Bertz CT molecular complexity index is 2060. The SMILES string of the molecule is O[B]Oc1cc2ccccc2c2c1oc1cc(-c3cc4ccc5cccc6ccc(c3)c4c56)ccc12. The summed E-state index contributed by atoms with van der Waals surface area (Å²) >= 11 is 0. The van der Waals surface area contributed by atoms with E-state index < -0.39 is 0 Å². The zero-order valence-electron chi connectivity index (χ0n) is 19.2. The second-order valence-electron chi connectivity index (χ2n) is 9.34. The quantitative estimate of drug-likeness (QED) is 0.213. The molecule has 1 N–H and O–H groups in total. The van der Waals surface area contributed by atoms with Gasteiger partial charge in [-0.1, -0.05) is 72.8 Å². The summed E-state index contributed by atoms with van der Waals surface area (Å²) in [5.41, 5.74) is 3.65. The molecular weight excluding hydrogens is 443 g/mol. The van der Waals surface area contributed by atoms with Crippen LogP contribution >= 0.6 is 0 Å². The van der Waals surface area contributed by atoms with Crippen LogP contribution in [0, 0.1) is 0 Å². The predicted octanol–water partition coefficient (Wildman–Crippen LogP) is 8.21. The minimum absolute atomic E-state index is 0.493. The van der Waals surface area contributed by atoms with E-state index >= 15 is 0 Å². The second-order valence-corrected chi connectivity index (χ2v) is 9.34. The second kappa shape index (κ2) is 7.23. The van der Waals surface area contributed by atoms with Crippen LogP contribution in [0.3, 0.4) is 0 Å². The van der Waals surface area contributed by atoms with E-state index in [1.807, 2.05) is 24.3 Å². The summed E-state index contributed by atoms with van der Waals surface area (Å²) in [6.45, 7) is 0. The summed E-state index contributed by atoms with van der Waals surface area (Å²) in [7, 11) is 0.700. The van der Waals surface area contributed by atoms with E-state index in [0.29, 0.717) is 19.0 Å². The van der Waals surface area contributed by atoms with Gasteiger partial charge in [0.15, 0.2) is 5.58 Å². The summed E-state index contributed by atoms with van der Waals surface area (Å²) < 4.78 is 11.8. The lowest BCUT2D eigenvalue weighted by atomic mass is 9.91. The molecule has 1 heterocycles. The lowest BCUT2D eigenvalue weighted by molar-refractivity contribution is 0.451. The van der Waals surface area contributed by atoms with Crippen molar-refractivity contribution in [1.29, 1.82) is 0 Å². The van der Waals surface area contributed by atoms with E-state index in [1.165, 1.54) is 32.3 Å². The average Bonchev–Trinajstić information content (AvgIpc) is 3.31. The minimum atomic E-state index is 0.493. The lowest BCUT2D eigenvalue weighted by Crippen LogP contribution is -1.99. The zero-order chi connectivity index (χ0) is 23.8. The fraction of sp³-hybridized carbons (Fsp3) is 0. The molecule has 0 fully saturated rings. The van der Waals surface area contributed by atoms with Gasteiger partial charge >= 0.3 is 7.69 Å². The maximum absolute atomic E-state index is 9.33. The highest BCUT2D eigenvalue weighted by atomic mass is 16.5. The van der Waals surface area contributed by atoms with Crippen LogP contribution in [-0.4, -0.2) is 12.7 Å². The van der Waals surface area contributed by atoms with E-state index in [-0.39, 0.29) is 0 Å². The van der Waals surface area contributed by atoms with Gasteiger partial charge in [0.2, 0.25) is 0 Å². The van der Waals surface area contributed by atoms with Crippen LogP contribution in [0.25, 0.3) is 76.2 Å². The molecule has 0 spiro atoms. The number of rotatable bonds is 3. The summed E-state index contributed by atoms with van der Waals surface area (Å²) in [4.78, 5) is 0.